The van der Waals surface area contributed by atoms with Gasteiger partial charge in [-0.1, -0.05) is 6.07 Å². The van der Waals surface area contributed by atoms with Crippen molar-refractivity contribution in [3.8, 4) is 6.07 Å². The number of nitriles is 1. The minimum atomic E-state index is -3.81. The molecular formula is C22H27N3O3S. The van der Waals surface area contributed by atoms with Gasteiger partial charge in [0, 0.05) is 12.6 Å². The van der Waals surface area contributed by atoms with Crippen molar-refractivity contribution in [3.05, 3.63) is 29.8 Å². The van der Waals surface area contributed by atoms with Gasteiger partial charge in [0.25, 0.3) is 0 Å². The van der Waals surface area contributed by atoms with Gasteiger partial charge in [-0.25, -0.2) is 8.42 Å². The Labute approximate surface area is 172 Å². The Balaban J connectivity index is 1.34. The van der Waals surface area contributed by atoms with E-state index in [9.17, 15) is 13.2 Å². The number of benzene rings is 1. The van der Waals surface area contributed by atoms with Crippen LogP contribution in [0.5, 0.6) is 0 Å². The third-order valence-corrected chi connectivity index (χ3v) is 9.52. The number of rotatable bonds is 4. The second-order valence-electron chi connectivity index (χ2n) is 9.38. The topological polar surface area (TPSA) is 90.3 Å². The molecule has 1 heterocycles. The second-order valence-corrected chi connectivity index (χ2v) is 11.3. The van der Waals surface area contributed by atoms with E-state index in [4.69, 9.17) is 5.26 Å². The molecule has 1 aromatic rings. The average molecular weight is 414 g/mol. The fraction of sp³-hybridized carbons (Fsp3) is 0.636. The highest BCUT2D eigenvalue weighted by Crippen LogP contribution is 2.53. The molecule has 5 fully saturated rings. The molecule has 154 valence electrons. The first-order chi connectivity index (χ1) is 14.0. The number of nitrogens with one attached hydrogen (secondary N) is 1. The Morgan fingerprint density at radius 1 is 1.10 bits per heavy atom. The molecule has 1 aromatic carbocycles. The molecule has 4 bridgehead atoms. The molecule has 6 nitrogen and oxygen atoms in total. The minimum absolute atomic E-state index is 0.0888. The smallest absolute Gasteiger partial charge is 0.243 e. The zero-order chi connectivity index (χ0) is 20.2. The number of carbonyl (C=O) groups excluding carboxylic acids is 1. The van der Waals surface area contributed by atoms with Gasteiger partial charge < -0.3 is 5.32 Å². The van der Waals surface area contributed by atoms with Crippen LogP contribution >= 0.6 is 0 Å². The fourth-order valence-corrected chi connectivity index (χ4v) is 8.28. The number of sulfonamides is 1. The Bertz CT molecular complexity index is 940. The molecule has 1 atom stereocenters. The lowest BCUT2D eigenvalue weighted by molar-refractivity contribution is -0.128. The predicted octanol–water partition coefficient (Wildman–Crippen LogP) is 2.65. The third-order valence-electron chi connectivity index (χ3n) is 7.61. The Morgan fingerprint density at radius 2 is 1.79 bits per heavy atom. The molecule has 5 aliphatic rings. The minimum Gasteiger partial charge on any atom is -0.351 e. The van der Waals surface area contributed by atoms with Gasteiger partial charge in [-0.15, -0.1) is 0 Å². The molecule has 6 rings (SSSR count). The predicted molar refractivity (Wildman–Crippen MR) is 107 cm³/mol. The van der Waals surface area contributed by atoms with Gasteiger partial charge in [-0.05, 0) is 86.8 Å². The lowest BCUT2D eigenvalue weighted by atomic mass is 9.54. The highest BCUT2D eigenvalue weighted by molar-refractivity contribution is 7.89. The molecule has 4 saturated carbocycles. The highest BCUT2D eigenvalue weighted by atomic mass is 32.2. The molecule has 4 aliphatic carbocycles. The van der Waals surface area contributed by atoms with Gasteiger partial charge in [0.05, 0.1) is 16.5 Å². The van der Waals surface area contributed by atoms with Crippen LogP contribution in [0, 0.1) is 35.0 Å². The molecule has 1 unspecified atom stereocenters. The number of hydrogen-bond acceptors (Lipinski definition) is 4. The first-order valence-corrected chi connectivity index (χ1v) is 12.2. The van der Waals surface area contributed by atoms with Crippen molar-refractivity contribution in [2.24, 2.45) is 23.7 Å². The maximum Gasteiger partial charge on any atom is 0.243 e. The molecule has 1 aliphatic heterocycles. The van der Waals surface area contributed by atoms with Gasteiger partial charge in [-0.3, -0.25) is 4.79 Å². The molecule has 1 N–H and O–H groups in total. The molecule has 29 heavy (non-hydrogen) atoms. The average Bonchev–Trinajstić information content (AvgIpc) is 3.21. The summed E-state index contributed by atoms with van der Waals surface area (Å²) in [4.78, 5) is 13.3. The van der Waals surface area contributed by atoms with Crippen molar-refractivity contribution in [2.75, 3.05) is 6.54 Å². The fourth-order valence-electron chi connectivity index (χ4n) is 6.57. The highest BCUT2D eigenvalue weighted by Gasteiger charge is 2.49. The lowest BCUT2D eigenvalue weighted by Gasteiger charge is -2.54. The number of amides is 1. The van der Waals surface area contributed by atoms with Crippen LogP contribution in [-0.4, -0.2) is 37.3 Å². The van der Waals surface area contributed by atoms with E-state index in [0.29, 0.717) is 36.8 Å². The number of nitrogens with zero attached hydrogens (tertiary/aromatic N) is 2. The van der Waals surface area contributed by atoms with Crippen LogP contribution in [0.15, 0.2) is 29.2 Å². The molecule has 7 heteroatoms. The van der Waals surface area contributed by atoms with E-state index in [1.54, 1.807) is 12.1 Å². The van der Waals surface area contributed by atoms with E-state index in [1.807, 2.05) is 6.07 Å². The van der Waals surface area contributed by atoms with Crippen LogP contribution in [-0.2, 0) is 14.8 Å². The Hall–Kier alpha value is -1.91. The largest absolute Gasteiger partial charge is 0.351 e. The van der Waals surface area contributed by atoms with E-state index >= 15 is 0 Å². The van der Waals surface area contributed by atoms with Crippen LogP contribution in [0.25, 0.3) is 0 Å². The summed E-state index contributed by atoms with van der Waals surface area (Å²) in [7, 11) is -3.81. The molecule has 0 spiro atoms. The van der Waals surface area contributed by atoms with Crippen LogP contribution in [0.1, 0.15) is 50.5 Å². The Morgan fingerprint density at radius 3 is 2.45 bits per heavy atom. The van der Waals surface area contributed by atoms with Crippen molar-refractivity contribution in [3.63, 3.8) is 0 Å². The van der Waals surface area contributed by atoms with Gasteiger partial charge >= 0.3 is 0 Å². The first kappa shape index (κ1) is 19.1. The molecule has 0 radical (unpaired) electrons. The van der Waals surface area contributed by atoms with Gasteiger partial charge in [0.1, 0.15) is 6.04 Å². The summed E-state index contributed by atoms with van der Waals surface area (Å²) >= 11 is 0. The summed E-state index contributed by atoms with van der Waals surface area (Å²) in [6.45, 7) is 0.346. The van der Waals surface area contributed by atoms with Crippen LogP contribution in [0.2, 0.25) is 0 Å². The van der Waals surface area contributed by atoms with E-state index in [0.717, 1.165) is 11.8 Å². The normalized spacial score (nSPS) is 36.1. The molecular weight excluding hydrogens is 386 g/mol. The van der Waals surface area contributed by atoms with Crippen molar-refractivity contribution in [1.82, 2.24) is 9.62 Å². The van der Waals surface area contributed by atoms with Gasteiger partial charge in [-0.2, -0.15) is 9.57 Å². The summed E-state index contributed by atoms with van der Waals surface area (Å²) in [5.41, 5.74) is 0.305. The molecule has 0 aromatic heterocycles. The van der Waals surface area contributed by atoms with Gasteiger partial charge in [0.15, 0.2) is 0 Å². The number of hydrogen-bond donors (Lipinski definition) is 1. The van der Waals surface area contributed by atoms with Crippen LogP contribution < -0.4 is 5.32 Å². The molecule has 1 saturated heterocycles. The van der Waals surface area contributed by atoms with E-state index < -0.39 is 16.1 Å². The summed E-state index contributed by atoms with van der Waals surface area (Å²) in [6.07, 6.45) is 7.45. The van der Waals surface area contributed by atoms with Crippen molar-refractivity contribution >= 4 is 15.9 Å². The lowest BCUT2D eigenvalue weighted by Crippen LogP contribution is -2.58. The van der Waals surface area contributed by atoms with Crippen LogP contribution in [0.4, 0.5) is 0 Å². The maximum atomic E-state index is 13.2. The summed E-state index contributed by atoms with van der Waals surface area (Å²) in [6, 6.07) is 7.59. The summed E-state index contributed by atoms with van der Waals surface area (Å²) in [5, 5.41) is 12.4. The van der Waals surface area contributed by atoms with Crippen LogP contribution in [0.3, 0.4) is 0 Å². The van der Waals surface area contributed by atoms with Gasteiger partial charge in [0.2, 0.25) is 15.9 Å². The van der Waals surface area contributed by atoms with Crippen molar-refractivity contribution in [1.29, 1.82) is 5.26 Å². The maximum absolute atomic E-state index is 13.2. The third kappa shape index (κ3) is 3.27. The quantitative estimate of drug-likeness (QED) is 0.822. The summed E-state index contributed by atoms with van der Waals surface area (Å²) in [5.74, 6) is 2.66. The van der Waals surface area contributed by atoms with E-state index in [-0.39, 0.29) is 16.8 Å². The molecule has 1 amide bonds. The Kier molecular flexibility index (Phi) is 4.67. The standard InChI is InChI=1S/C22H27N3O3S/c23-13-14-3-1-4-19(12-14)29(27,28)25-6-2-5-20(25)22(26)24-21-17-8-15-7-16(10-17)11-18(21)9-15/h1,3-4,12,15-18,20-21H,2,5-11H2,(H,24,26). The van der Waals surface area contributed by atoms with E-state index in [1.165, 1.54) is 48.5 Å². The zero-order valence-corrected chi connectivity index (χ0v) is 17.3. The SMILES string of the molecule is N#Cc1cccc(S(=O)(=O)N2CCCC2C(=O)NC2C3CC4CC(C3)CC2C4)c1. The monoisotopic (exact) mass is 413 g/mol. The summed E-state index contributed by atoms with van der Waals surface area (Å²) < 4.78 is 27.7. The first-order valence-electron chi connectivity index (χ1n) is 10.8. The van der Waals surface area contributed by atoms with Crippen molar-refractivity contribution in [2.45, 2.75) is 61.9 Å². The van der Waals surface area contributed by atoms with Crippen molar-refractivity contribution < 1.29 is 13.2 Å². The number of carbonyl (C=O) groups is 1. The zero-order valence-electron chi connectivity index (χ0n) is 16.5. The van der Waals surface area contributed by atoms with E-state index in [2.05, 4.69) is 5.32 Å². The second kappa shape index (κ2) is 7.10.